The molecule has 2 rings (SSSR count). The molecule has 0 aromatic heterocycles. The molecule has 0 bridgehead atoms. The van der Waals surface area contributed by atoms with Gasteiger partial charge in [0.2, 0.25) is 0 Å². The first-order valence-electron chi connectivity index (χ1n) is 6.18. The number of nitrogens with two attached hydrogens (primary N) is 1. The summed E-state index contributed by atoms with van der Waals surface area (Å²) >= 11 is 3.52. The molecule has 0 unspecified atom stereocenters. The molecule has 3 nitrogen and oxygen atoms in total. The molecule has 0 atom stereocenters. The first-order valence-corrected chi connectivity index (χ1v) is 6.98. The molecule has 0 aliphatic rings. The first kappa shape index (κ1) is 13.7. The number of rotatable bonds is 4. The maximum Gasteiger partial charge on any atom is 0.117 e. The second-order valence-corrected chi connectivity index (χ2v) is 5.15. The van der Waals surface area contributed by atoms with Crippen LogP contribution in [-0.2, 0) is 6.54 Å². The predicted octanol–water partition coefficient (Wildman–Crippen LogP) is 3.76. The fourth-order valence-electron chi connectivity index (χ4n) is 2.00. The third-order valence-corrected chi connectivity index (χ3v) is 4.01. The minimum absolute atomic E-state index is 0.280. The summed E-state index contributed by atoms with van der Waals surface area (Å²) in [6.07, 6.45) is 0. The highest BCUT2D eigenvalue weighted by Gasteiger charge is 2.09. The van der Waals surface area contributed by atoms with Gasteiger partial charge in [0.1, 0.15) is 5.75 Å². The number of nitrogens with zero attached hydrogens (tertiary/aromatic N) is 1. The van der Waals surface area contributed by atoms with Crippen LogP contribution in [0.15, 0.2) is 46.9 Å². The van der Waals surface area contributed by atoms with Crippen molar-refractivity contribution in [2.45, 2.75) is 13.5 Å². The topological polar surface area (TPSA) is 49.5 Å². The lowest BCUT2D eigenvalue weighted by Crippen LogP contribution is -2.22. The van der Waals surface area contributed by atoms with Gasteiger partial charge in [0.15, 0.2) is 0 Å². The summed E-state index contributed by atoms with van der Waals surface area (Å²) in [6.45, 7) is 3.68. The summed E-state index contributed by atoms with van der Waals surface area (Å²) < 4.78 is 0.939. The van der Waals surface area contributed by atoms with Gasteiger partial charge in [0.05, 0.1) is 0 Å². The van der Waals surface area contributed by atoms with Crippen LogP contribution < -0.4 is 10.6 Å². The highest BCUT2D eigenvalue weighted by Crippen LogP contribution is 2.27. The normalized spacial score (nSPS) is 10.4. The fraction of sp³-hybridized carbons (Fsp3) is 0.200. The highest BCUT2D eigenvalue weighted by molar-refractivity contribution is 9.10. The van der Waals surface area contributed by atoms with Crippen molar-refractivity contribution in [1.82, 2.24) is 0 Å². The van der Waals surface area contributed by atoms with E-state index >= 15 is 0 Å². The summed E-state index contributed by atoms with van der Waals surface area (Å²) in [5.41, 5.74) is 8.76. The number of aromatic hydroxyl groups is 1. The van der Waals surface area contributed by atoms with Gasteiger partial charge in [-0.25, -0.2) is 0 Å². The molecule has 0 heterocycles. The molecule has 2 aromatic carbocycles. The largest absolute Gasteiger partial charge is 0.508 e. The molecular formula is C15H17BrN2O. The summed E-state index contributed by atoms with van der Waals surface area (Å²) in [6, 6.07) is 13.2. The molecule has 0 saturated heterocycles. The Morgan fingerprint density at radius 1 is 1.21 bits per heavy atom. The Bertz CT molecular complexity index is 572. The second kappa shape index (κ2) is 5.97. The predicted molar refractivity (Wildman–Crippen MR) is 83.4 cm³/mol. The molecule has 19 heavy (non-hydrogen) atoms. The maximum atomic E-state index is 9.57. The van der Waals surface area contributed by atoms with E-state index in [2.05, 4.69) is 27.8 Å². The Morgan fingerprint density at radius 2 is 1.95 bits per heavy atom. The Morgan fingerprint density at radius 3 is 2.63 bits per heavy atom. The van der Waals surface area contributed by atoms with Crippen molar-refractivity contribution in [3.63, 3.8) is 0 Å². The SMILES string of the molecule is CCN(Cc1cccc(N)c1Br)c1cccc(O)c1. The Balaban J connectivity index is 2.26. The van der Waals surface area contributed by atoms with Crippen molar-refractivity contribution in [3.8, 4) is 5.75 Å². The molecule has 0 amide bonds. The van der Waals surface area contributed by atoms with Crippen LogP contribution in [0.5, 0.6) is 5.75 Å². The number of nitrogen functional groups attached to an aromatic ring is 1. The zero-order chi connectivity index (χ0) is 13.8. The van der Waals surface area contributed by atoms with Crippen LogP contribution >= 0.6 is 15.9 Å². The van der Waals surface area contributed by atoms with E-state index in [0.717, 1.165) is 34.5 Å². The van der Waals surface area contributed by atoms with Crippen LogP contribution in [0.4, 0.5) is 11.4 Å². The average molecular weight is 321 g/mol. The van der Waals surface area contributed by atoms with Crippen LogP contribution in [0.1, 0.15) is 12.5 Å². The third kappa shape index (κ3) is 3.20. The van der Waals surface area contributed by atoms with Gasteiger partial charge in [-0.3, -0.25) is 0 Å². The van der Waals surface area contributed by atoms with Crippen molar-refractivity contribution in [2.75, 3.05) is 17.2 Å². The third-order valence-electron chi connectivity index (χ3n) is 3.05. The Labute approximate surface area is 121 Å². The lowest BCUT2D eigenvalue weighted by atomic mass is 10.1. The van der Waals surface area contributed by atoms with Crippen molar-refractivity contribution < 1.29 is 5.11 Å². The van der Waals surface area contributed by atoms with Gasteiger partial charge in [0, 0.05) is 35.0 Å². The Hall–Kier alpha value is -1.68. The summed E-state index contributed by atoms with van der Waals surface area (Å²) in [5.74, 6) is 0.280. The number of hydrogen-bond donors (Lipinski definition) is 2. The van der Waals surface area contributed by atoms with E-state index in [1.807, 2.05) is 30.3 Å². The summed E-state index contributed by atoms with van der Waals surface area (Å²) in [5, 5.41) is 9.57. The van der Waals surface area contributed by atoms with E-state index in [4.69, 9.17) is 5.73 Å². The molecule has 100 valence electrons. The number of phenols is 1. The molecule has 0 radical (unpaired) electrons. The van der Waals surface area contributed by atoms with Gasteiger partial charge in [-0.05, 0) is 46.6 Å². The van der Waals surface area contributed by atoms with Crippen LogP contribution in [0.25, 0.3) is 0 Å². The van der Waals surface area contributed by atoms with Crippen LogP contribution in [0, 0.1) is 0 Å². The van der Waals surface area contributed by atoms with Gasteiger partial charge in [0.25, 0.3) is 0 Å². The zero-order valence-corrected chi connectivity index (χ0v) is 12.4. The maximum absolute atomic E-state index is 9.57. The number of anilines is 2. The van der Waals surface area contributed by atoms with Gasteiger partial charge < -0.3 is 15.7 Å². The first-order chi connectivity index (χ1) is 9.11. The minimum atomic E-state index is 0.280. The molecule has 0 spiro atoms. The van der Waals surface area contributed by atoms with E-state index < -0.39 is 0 Å². The van der Waals surface area contributed by atoms with E-state index in [1.165, 1.54) is 0 Å². The second-order valence-electron chi connectivity index (χ2n) is 4.35. The van der Waals surface area contributed by atoms with Gasteiger partial charge in [-0.15, -0.1) is 0 Å². The number of benzene rings is 2. The molecule has 0 aliphatic carbocycles. The molecule has 4 heteroatoms. The highest BCUT2D eigenvalue weighted by atomic mass is 79.9. The van der Waals surface area contributed by atoms with Crippen LogP contribution in [0.2, 0.25) is 0 Å². The van der Waals surface area contributed by atoms with Gasteiger partial charge in [-0.1, -0.05) is 18.2 Å². The lowest BCUT2D eigenvalue weighted by Gasteiger charge is -2.24. The van der Waals surface area contributed by atoms with Gasteiger partial charge >= 0.3 is 0 Å². The Kier molecular flexibility index (Phi) is 4.32. The van der Waals surface area contributed by atoms with Crippen molar-refractivity contribution in [1.29, 1.82) is 0 Å². The van der Waals surface area contributed by atoms with Crippen LogP contribution in [-0.4, -0.2) is 11.7 Å². The van der Waals surface area contributed by atoms with E-state index in [-0.39, 0.29) is 5.75 Å². The van der Waals surface area contributed by atoms with E-state index in [9.17, 15) is 5.11 Å². The lowest BCUT2D eigenvalue weighted by molar-refractivity contribution is 0.475. The average Bonchev–Trinajstić information content (AvgIpc) is 2.40. The van der Waals surface area contributed by atoms with Crippen molar-refractivity contribution in [3.05, 3.63) is 52.5 Å². The standard InChI is InChI=1S/C15H17BrN2O/c1-2-18(12-6-4-7-13(19)9-12)10-11-5-3-8-14(17)15(11)16/h3-9,19H,2,10,17H2,1H3. The molecule has 3 N–H and O–H groups in total. The fourth-order valence-corrected chi connectivity index (χ4v) is 2.39. The summed E-state index contributed by atoms with van der Waals surface area (Å²) in [7, 11) is 0. The van der Waals surface area contributed by atoms with E-state index in [0.29, 0.717) is 0 Å². The monoisotopic (exact) mass is 320 g/mol. The number of halogens is 1. The van der Waals surface area contributed by atoms with Crippen molar-refractivity contribution in [2.24, 2.45) is 0 Å². The minimum Gasteiger partial charge on any atom is -0.508 e. The number of hydrogen-bond acceptors (Lipinski definition) is 3. The van der Waals surface area contributed by atoms with Crippen molar-refractivity contribution >= 4 is 27.3 Å². The molecule has 2 aromatic rings. The molecular weight excluding hydrogens is 304 g/mol. The zero-order valence-electron chi connectivity index (χ0n) is 10.8. The molecule has 0 fully saturated rings. The molecule has 0 saturated carbocycles. The van der Waals surface area contributed by atoms with Gasteiger partial charge in [-0.2, -0.15) is 0 Å². The smallest absolute Gasteiger partial charge is 0.117 e. The quantitative estimate of drug-likeness (QED) is 0.843. The molecule has 0 aliphatic heterocycles. The summed E-state index contributed by atoms with van der Waals surface area (Å²) in [4.78, 5) is 2.18. The number of phenolic OH excluding ortho intramolecular Hbond substituents is 1. The van der Waals surface area contributed by atoms with Crippen LogP contribution in [0.3, 0.4) is 0 Å². The van der Waals surface area contributed by atoms with E-state index in [1.54, 1.807) is 12.1 Å².